The van der Waals surface area contributed by atoms with Crippen molar-refractivity contribution in [1.82, 2.24) is 0 Å². The van der Waals surface area contributed by atoms with Crippen molar-refractivity contribution in [3.63, 3.8) is 0 Å². The van der Waals surface area contributed by atoms with Crippen molar-refractivity contribution < 1.29 is 33.7 Å². The van der Waals surface area contributed by atoms with E-state index in [0.717, 1.165) is 7.11 Å². The van der Waals surface area contributed by atoms with Gasteiger partial charge in [-0.05, 0) is 12.8 Å². The molecule has 4 unspecified atom stereocenters. The number of hydrogen-bond acceptors (Lipinski definition) is 7. The van der Waals surface area contributed by atoms with Gasteiger partial charge in [0.05, 0.1) is 7.11 Å². The number of carbonyl (C=O) groups excluding carboxylic acids is 3. The lowest BCUT2D eigenvalue weighted by Gasteiger charge is -2.43. The van der Waals surface area contributed by atoms with E-state index in [9.17, 15) is 19.5 Å². The lowest BCUT2D eigenvalue weighted by Crippen LogP contribution is -2.60. The molecule has 0 aromatic heterocycles. The maximum atomic E-state index is 11.8. The number of carbonyl (C=O) groups is 3. The summed E-state index contributed by atoms with van der Waals surface area (Å²) in [6.45, 7) is 4.10. The summed E-state index contributed by atoms with van der Waals surface area (Å²) in [6, 6.07) is 0. The van der Waals surface area contributed by atoms with Gasteiger partial charge in [-0.1, -0.05) is 6.92 Å². The third-order valence-electron chi connectivity index (χ3n) is 3.49. The second-order valence-corrected chi connectivity index (χ2v) is 4.99. The Hall–Kier alpha value is -1.63. The van der Waals surface area contributed by atoms with Gasteiger partial charge in [-0.15, -0.1) is 0 Å². The molecule has 7 heteroatoms. The predicted octanol–water partition coefficient (Wildman–Crippen LogP) is 0.184. The maximum Gasteiger partial charge on any atom is 0.341 e. The molecule has 20 heavy (non-hydrogen) atoms. The van der Waals surface area contributed by atoms with E-state index in [2.05, 4.69) is 4.74 Å². The summed E-state index contributed by atoms with van der Waals surface area (Å²) in [5.41, 5.74) is -1.92. The van der Waals surface area contributed by atoms with Crippen molar-refractivity contribution in [2.24, 2.45) is 5.92 Å². The standard InChI is InChI=1S/C13H20O7/c1-7-10(19-8(2)14)5-6-13(17,12(16)18-4)11(7)20-9(3)15/h7,10-11,17H,5-6H2,1-4H3. The van der Waals surface area contributed by atoms with Gasteiger partial charge in [0.2, 0.25) is 0 Å². The van der Waals surface area contributed by atoms with E-state index in [-0.39, 0.29) is 12.8 Å². The molecule has 0 bridgehead atoms. The average molecular weight is 288 g/mol. The Morgan fingerprint density at radius 3 is 2.15 bits per heavy atom. The summed E-state index contributed by atoms with van der Waals surface area (Å²) < 4.78 is 14.8. The van der Waals surface area contributed by atoms with E-state index in [1.54, 1.807) is 6.92 Å². The fraction of sp³-hybridized carbons (Fsp3) is 0.769. The van der Waals surface area contributed by atoms with Gasteiger partial charge >= 0.3 is 17.9 Å². The number of esters is 3. The Labute approximate surface area is 117 Å². The lowest BCUT2D eigenvalue weighted by molar-refractivity contribution is -0.210. The molecule has 0 spiro atoms. The SMILES string of the molecule is COC(=O)C1(O)CCC(OC(C)=O)C(C)C1OC(C)=O. The number of ether oxygens (including phenoxy) is 3. The second kappa shape index (κ2) is 6.21. The highest BCUT2D eigenvalue weighted by Crippen LogP contribution is 2.37. The second-order valence-electron chi connectivity index (χ2n) is 4.99. The van der Waals surface area contributed by atoms with Gasteiger partial charge < -0.3 is 19.3 Å². The number of hydrogen-bond donors (Lipinski definition) is 1. The zero-order valence-corrected chi connectivity index (χ0v) is 12.0. The first-order valence-corrected chi connectivity index (χ1v) is 6.37. The van der Waals surface area contributed by atoms with E-state index < -0.39 is 41.6 Å². The van der Waals surface area contributed by atoms with E-state index in [4.69, 9.17) is 9.47 Å². The van der Waals surface area contributed by atoms with Gasteiger partial charge in [-0.25, -0.2) is 4.79 Å². The molecule has 1 fully saturated rings. The Bertz CT molecular complexity index is 406. The highest BCUT2D eigenvalue weighted by atomic mass is 16.6. The smallest absolute Gasteiger partial charge is 0.341 e. The molecule has 7 nitrogen and oxygen atoms in total. The molecule has 0 aliphatic heterocycles. The van der Waals surface area contributed by atoms with Crippen LogP contribution in [-0.2, 0) is 28.6 Å². The van der Waals surface area contributed by atoms with E-state index in [0.29, 0.717) is 0 Å². The van der Waals surface area contributed by atoms with Gasteiger partial charge in [-0.3, -0.25) is 9.59 Å². The third kappa shape index (κ3) is 3.27. The van der Waals surface area contributed by atoms with Crippen LogP contribution in [0.3, 0.4) is 0 Å². The molecular formula is C13H20O7. The predicted molar refractivity (Wildman–Crippen MR) is 66.5 cm³/mol. The van der Waals surface area contributed by atoms with Crippen LogP contribution in [0.25, 0.3) is 0 Å². The summed E-state index contributed by atoms with van der Waals surface area (Å²) in [5.74, 6) is -2.49. The highest BCUT2D eigenvalue weighted by Gasteiger charge is 2.55. The molecule has 1 aliphatic carbocycles. The maximum absolute atomic E-state index is 11.8. The first kappa shape index (κ1) is 16.4. The molecule has 1 aliphatic rings. The van der Waals surface area contributed by atoms with Crippen LogP contribution in [0.2, 0.25) is 0 Å². The molecule has 0 aromatic carbocycles. The van der Waals surface area contributed by atoms with Gasteiger partial charge in [0, 0.05) is 19.8 Å². The zero-order chi connectivity index (χ0) is 15.5. The van der Waals surface area contributed by atoms with Gasteiger partial charge in [0.25, 0.3) is 0 Å². The average Bonchev–Trinajstić information content (AvgIpc) is 2.36. The largest absolute Gasteiger partial charge is 0.467 e. The van der Waals surface area contributed by atoms with Gasteiger partial charge in [0.15, 0.2) is 5.60 Å². The first-order valence-electron chi connectivity index (χ1n) is 6.37. The minimum absolute atomic E-state index is 0.0140. The summed E-state index contributed by atoms with van der Waals surface area (Å²) in [5, 5.41) is 10.5. The lowest BCUT2D eigenvalue weighted by atomic mass is 9.74. The molecule has 1 N–H and O–H groups in total. The summed E-state index contributed by atoms with van der Waals surface area (Å²) in [7, 11) is 1.15. The fourth-order valence-electron chi connectivity index (χ4n) is 2.56. The monoisotopic (exact) mass is 288 g/mol. The Morgan fingerprint density at radius 2 is 1.70 bits per heavy atom. The number of aliphatic hydroxyl groups is 1. The summed E-state index contributed by atoms with van der Waals surface area (Å²) in [4.78, 5) is 34.0. The number of methoxy groups -OCH3 is 1. The molecule has 4 atom stereocenters. The molecule has 0 aromatic rings. The normalized spacial score (nSPS) is 33.1. The van der Waals surface area contributed by atoms with Crippen molar-refractivity contribution >= 4 is 17.9 Å². The van der Waals surface area contributed by atoms with Crippen LogP contribution < -0.4 is 0 Å². The van der Waals surface area contributed by atoms with Crippen molar-refractivity contribution in [3.05, 3.63) is 0 Å². The summed E-state index contributed by atoms with van der Waals surface area (Å²) >= 11 is 0. The van der Waals surface area contributed by atoms with Crippen LogP contribution in [0.1, 0.15) is 33.6 Å². The van der Waals surface area contributed by atoms with E-state index >= 15 is 0 Å². The minimum atomic E-state index is -1.92. The third-order valence-corrected chi connectivity index (χ3v) is 3.49. The quantitative estimate of drug-likeness (QED) is 0.584. The fourth-order valence-corrected chi connectivity index (χ4v) is 2.56. The van der Waals surface area contributed by atoms with E-state index in [1.807, 2.05) is 0 Å². The number of rotatable bonds is 3. The molecule has 1 saturated carbocycles. The molecule has 0 amide bonds. The Kier molecular flexibility index (Phi) is 5.10. The van der Waals surface area contributed by atoms with Crippen LogP contribution in [-0.4, -0.2) is 47.9 Å². The van der Waals surface area contributed by atoms with Gasteiger partial charge in [0.1, 0.15) is 12.2 Å². The first-order chi connectivity index (χ1) is 9.22. The summed E-state index contributed by atoms with van der Waals surface area (Å²) in [6.07, 6.45) is -1.38. The molecule has 0 radical (unpaired) electrons. The molecule has 0 saturated heterocycles. The topological polar surface area (TPSA) is 99.1 Å². The highest BCUT2D eigenvalue weighted by molar-refractivity contribution is 5.81. The van der Waals surface area contributed by atoms with Crippen molar-refractivity contribution in [2.75, 3.05) is 7.11 Å². The Morgan fingerprint density at radius 1 is 1.15 bits per heavy atom. The Balaban J connectivity index is 3.02. The minimum Gasteiger partial charge on any atom is -0.467 e. The van der Waals surface area contributed by atoms with Crippen LogP contribution >= 0.6 is 0 Å². The zero-order valence-electron chi connectivity index (χ0n) is 12.0. The van der Waals surface area contributed by atoms with Crippen LogP contribution in [0, 0.1) is 5.92 Å². The molecular weight excluding hydrogens is 268 g/mol. The van der Waals surface area contributed by atoms with Crippen molar-refractivity contribution in [1.29, 1.82) is 0 Å². The van der Waals surface area contributed by atoms with E-state index in [1.165, 1.54) is 13.8 Å². The van der Waals surface area contributed by atoms with Crippen LogP contribution in [0.5, 0.6) is 0 Å². The van der Waals surface area contributed by atoms with Crippen molar-refractivity contribution in [2.45, 2.75) is 51.4 Å². The molecule has 1 rings (SSSR count). The van der Waals surface area contributed by atoms with Crippen molar-refractivity contribution in [3.8, 4) is 0 Å². The van der Waals surface area contributed by atoms with Gasteiger partial charge in [-0.2, -0.15) is 0 Å². The van der Waals surface area contributed by atoms with Crippen LogP contribution in [0.4, 0.5) is 0 Å². The van der Waals surface area contributed by atoms with Crippen LogP contribution in [0.15, 0.2) is 0 Å². The molecule has 114 valence electrons. The molecule has 0 heterocycles.